The van der Waals surface area contributed by atoms with Crippen LogP contribution in [-0.2, 0) is 9.59 Å². The predicted molar refractivity (Wildman–Crippen MR) is 130 cm³/mol. The summed E-state index contributed by atoms with van der Waals surface area (Å²) in [4.78, 5) is 41.7. The number of hydrogen-bond donors (Lipinski definition) is 1. The molecule has 9 heteroatoms. The quantitative estimate of drug-likeness (QED) is 0.424. The molecule has 3 aliphatic rings. The topological polar surface area (TPSA) is 84.9 Å². The van der Waals surface area contributed by atoms with Crippen LogP contribution < -0.4 is 19.7 Å². The fraction of sp³-hybridized carbons (Fsp3) is 0.375. The van der Waals surface area contributed by atoms with Crippen molar-refractivity contribution in [2.75, 3.05) is 24.4 Å². The average Bonchev–Trinajstić information content (AvgIpc) is 3.43. The number of amides is 3. The van der Waals surface area contributed by atoms with E-state index in [0.717, 1.165) is 6.42 Å². The Morgan fingerprint density at radius 3 is 2.21 bits per heavy atom. The van der Waals surface area contributed by atoms with E-state index in [-0.39, 0.29) is 50.7 Å². The Kier molecular flexibility index (Phi) is 5.73. The van der Waals surface area contributed by atoms with Crippen molar-refractivity contribution in [3.63, 3.8) is 0 Å². The van der Waals surface area contributed by atoms with Gasteiger partial charge >= 0.3 is 0 Å². The van der Waals surface area contributed by atoms with E-state index in [0.29, 0.717) is 22.9 Å². The third-order valence-electron chi connectivity index (χ3n) is 7.03. The Morgan fingerprint density at radius 2 is 1.61 bits per heavy atom. The van der Waals surface area contributed by atoms with Crippen molar-refractivity contribution in [1.82, 2.24) is 0 Å². The molecule has 3 amide bonds. The van der Waals surface area contributed by atoms with Gasteiger partial charge < -0.3 is 14.8 Å². The molecule has 7 nitrogen and oxygen atoms in total. The smallest absolute Gasteiger partial charge is 0.257 e. The van der Waals surface area contributed by atoms with Crippen molar-refractivity contribution >= 4 is 61.0 Å². The third kappa shape index (κ3) is 3.39. The number of fused-ring (bicyclic) bond motifs is 5. The van der Waals surface area contributed by atoms with Crippen LogP contribution in [0.3, 0.4) is 0 Å². The molecule has 33 heavy (non-hydrogen) atoms. The highest BCUT2D eigenvalue weighted by Crippen LogP contribution is 2.60. The number of carbonyl (C=O) groups is 3. The van der Waals surface area contributed by atoms with Crippen molar-refractivity contribution in [1.29, 1.82) is 0 Å². The Balaban J connectivity index is 1.48. The molecule has 1 saturated heterocycles. The first-order valence-corrected chi connectivity index (χ1v) is 12.5. The van der Waals surface area contributed by atoms with Gasteiger partial charge in [0.15, 0.2) is 0 Å². The molecule has 0 unspecified atom stereocenters. The van der Waals surface area contributed by atoms with Crippen LogP contribution in [0.5, 0.6) is 11.5 Å². The van der Waals surface area contributed by atoms with Gasteiger partial charge in [-0.1, -0.05) is 44.0 Å². The number of benzene rings is 2. The highest BCUT2D eigenvalue weighted by atomic mass is 79.9. The van der Waals surface area contributed by atoms with Crippen molar-refractivity contribution in [3.8, 4) is 11.5 Å². The highest BCUT2D eigenvalue weighted by Gasteiger charge is 2.66. The lowest BCUT2D eigenvalue weighted by Crippen LogP contribution is -2.37. The maximum atomic E-state index is 13.5. The van der Waals surface area contributed by atoms with Crippen molar-refractivity contribution in [2.24, 2.45) is 23.7 Å². The van der Waals surface area contributed by atoms with Gasteiger partial charge in [-0.15, -0.1) is 0 Å². The van der Waals surface area contributed by atoms with Crippen LogP contribution in [0.25, 0.3) is 0 Å². The minimum absolute atomic E-state index is 0.104. The molecule has 6 atom stereocenters. The first-order valence-electron chi connectivity index (χ1n) is 10.7. The summed E-state index contributed by atoms with van der Waals surface area (Å²) < 4.78 is 10.6. The standard InChI is InChI=1S/C24H22Br2N2O5/c1-32-11-7-8-17(33-2)15(9-11)27-22(29)12-5-3-4-6-16(12)28-23(30)18-13-10-14(19(18)24(28)31)21(26)20(13)25/h3-9,13-14,18-21H,10H2,1-2H3,(H,27,29)/t13-,14-,18-,19+,20-,21+/m1/s1. The van der Waals surface area contributed by atoms with E-state index in [9.17, 15) is 14.4 Å². The second-order valence-electron chi connectivity index (χ2n) is 8.55. The van der Waals surface area contributed by atoms with Gasteiger partial charge in [-0.05, 0) is 42.5 Å². The minimum Gasteiger partial charge on any atom is -0.497 e. The summed E-state index contributed by atoms with van der Waals surface area (Å²) in [6.45, 7) is 0. The van der Waals surface area contributed by atoms with Crippen LogP contribution in [-0.4, -0.2) is 41.6 Å². The Labute approximate surface area is 208 Å². The monoisotopic (exact) mass is 576 g/mol. The van der Waals surface area contributed by atoms with Gasteiger partial charge in [0.1, 0.15) is 11.5 Å². The van der Waals surface area contributed by atoms with Crippen LogP contribution >= 0.6 is 31.9 Å². The number of imide groups is 1. The molecule has 3 fully saturated rings. The van der Waals surface area contributed by atoms with Gasteiger partial charge in [0.2, 0.25) is 11.8 Å². The minimum atomic E-state index is -0.450. The first kappa shape index (κ1) is 22.4. The van der Waals surface area contributed by atoms with Crippen LogP contribution in [0.2, 0.25) is 0 Å². The van der Waals surface area contributed by atoms with E-state index < -0.39 is 5.91 Å². The second-order valence-corrected chi connectivity index (χ2v) is 10.7. The molecule has 0 aromatic heterocycles. The molecule has 2 saturated carbocycles. The number of methoxy groups -OCH3 is 2. The summed E-state index contributed by atoms with van der Waals surface area (Å²) in [5.41, 5.74) is 0.968. The molecular formula is C24H22Br2N2O5. The van der Waals surface area contributed by atoms with E-state index in [4.69, 9.17) is 9.47 Å². The van der Waals surface area contributed by atoms with Crippen LogP contribution in [0.1, 0.15) is 16.8 Å². The third-order valence-corrected chi connectivity index (χ3v) is 10.2. The predicted octanol–water partition coefficient (Wildman–Crippen LogP) is 4.24. The zero-order valence-corrected chi connectivity index (χ0v) is 21.1. The number of halogens is 2. The van der Waals surface area contributed by atoms with Gasteiger partial charge in [0.05, 0.1) is 43.0 Å². The normalized spacial score (nSPS) is 29.9. The molecule has 1 N–H and O–H groups in total. The second kappa shape index (κ2) is 8.43. The van der Waals surface area contributed by atoms with Crippen LogP contribution in [0, 0.1) is 23.7 Å². The molecule has 172 valence electrons. The Morgan fingerprint density at radius 1 is 0.970 bits per heavy atom. The zero-order valence-electron chi connectivity index (χ0n) is 18.0. The zero-order chi connectivity index (χ0) is 23.4. The summed E-state index contributed by atoms with van der Waals surface area (Å²) in [6.07, 6.45) is 0.851. The highest BCUT2D eigenvalue weighted by molar-refractivity contribution is 9.12. The maximum Gasteiger partial charge on any atom is 0.257 e. The number of nitrogens with zero attached hydrogens (tertiary/aromatic N) is 1. The number of carbonyl (C=O) groups excluding carboxylic acids is 3. The van der Waals surface area contributed by atoms with Crippen molar-refractivity contribution < 1.29 is 23.9 Å². The van der Waals surface area contributed by atoms with Crippen molar-refractivity contribution in [2.45, 2.75) is 16.1 Å². The molecule has 2 bridgehead atoms. The molecule has 2 aromatic carbocycles. The van der Waals surface area contributed by atoms with Gasteiger partial charge in [0, 0.05) is 15.7 Å². The fourth-order valence-corrected chi connectivity index (χ4v) is 7.42. The fourth-order valence-electron chi connectivity index (χ4n) is 5.55. The van der Waals surface area contributed by atoms with Gasteiger partial charge in [0.25, 0.3) is 5.91 Å². The number of ether oxygens (including phenoxy) is 2. The number of para-hydroxylation sites is 1. The largest absolute Gasteiger partial charge is 0.497 e. The Bertz CT molecular complexity index is 1120. The average molecular weight is 578 g/mol. The van der Waals surface area contributed by atoms with E-state index in [1.54, 1.807) is 42.5 Å². The molecule has 2 aliphatic carbocycles. The summed E-state index contributed by atoms with van der Waals surface area (Å²) in [5.74, 6) is -0.365. The lowest BCUT2D eigenvalue weighted by atomic mass is 9.81. The van der Waals surface area contributed by atoms with Crippen LogP contribution in [0.15, 0.2) is 42.5 Å². The molecule has 2 aromatic rings. The van der Waals surface area contributed by atoms with E-state index in [2.05, 4.69) is 37.2 Å². The summed E-state index contributed by atoms with van der Waals surface area (Å²) in [6, 6.07) is 11.8. The maximum absolute atomic E-state index is 13.5. The molecule has 0 spiro atoms. The van der Waals surface area contributed by atoms with E-state index in [1.165, 1.54) is 19.1 Å². The summed E-state index contributed by atoms with van der Waals surface area (Å²) in [5, 5.41) is 2.83. The number of rotatable bonds is 5. The van der Waals surface area contributed by atoms with E-state index >= 15 is 0 Å². The molecule has 0 radical (unpaired) electrons. The number of anilines is 2. The lowest BCUT2D eigenvalue weighted by molar-refractivity contribution is -0.123. The van der Waals surface area contributed by atoms with Gasteiger partial charge in [-0.25, -0.2) is 4.90 Å². The summed E-state index contributed by atoms with van der Waals surface area (Å²) >= 11 is 7.41. The Hall–Kier alpha value is -2.39. The lowest BCUT2D eigenvalue weighted by Gasteiger charge is -2.28. The molecule has 1 aliphatic heterocycles. The number of hydrogen-bond acceptors (Lipinski definition) is 5. The van der Waals surface area contributed by atoms with Gasteiger partial charge in [-0.3, -0.25) is 14.4 Å². The van der Waals surface area contributed by atoms with Crippen LogP contribution in [0.4, 0.5) is 11.4 Å². The first-order chi connectivity index (χ1) is 15.9. The number of nitrogens with one attached hydrogen (secondary N) is 1. The SMILES string of the molecule is COc1ccc(OC)c(NC(=O)c2ccccc2N2C(=O)[C@@H]3[C@H]4C[C@@H]([C@H](Br)[C@@H]4Br)[C@@H]3C2=O)c1. The molecule has 5 rings (SSSR count). The van der Waals surface area contributed by atoms with E-state index in [1.807, 2.05) is 0 Å². The van der Waals surface area contributed by atoms with Gasteiger partial charge in [-0.2, -0.15) is 0 Å². The number of alkyl halides is 2. The molecular weight excluding hydrogens is 556 g/mol. The van der Waals surface area contributed by atoms with Crippen molar-refractivity contribution in [3.05, 3.63) is 48.0 Å². The molecule has 1 heterocycles. The summed E-state index contributed by atoms with van der Waals surface area (Å²) in [7, 11) is 3.04.